The van der Waals surface area contributed by atoms with Crippen molar-refractivity contribution in [3.63, 3.8) is 0 Å². The smallest absolute Gasteiger partial charge is 0.331 e. The second kappa shape index (κ2) is 16.2. The quantitative estimate of drug-likeness (QED) is 0.393. The summed E-state index contributed by atoms with van der Waals surface area (Å²) >= 11 is 1.59. The summed E-state index contributed by atoms with van der Waals surface area (Å²) in [5.41, 5.74) is 4.31. The molecule has 0 radical (unpaired) electrons. The maximum Gasteiger partial charge on any atom is 0.331 e. The summed E-state index contributed by atoms with van der Waals surface area (Å²) in [6.07, 6.45) is 17.3. The maximum absolute atomic E-state index is 12.6. The van der Waals surface area contributed by atoms with E-state index in [1.54, 1.807) is 17.4 Å². The van der Waals surface area contributed by atoms with Crippen LogP contribution < -0.4 is 5.32 Å². The minimum absolute atomic E-state index is 0.0409. The van der Waals surface area contributed by atoms with Gasteiger partial charge in [0.25, 0.3) is 0 Å². The molecule has 2 heterocycles. The van der Waals surface area contributed by atoms with Gasteiger partial charge in [0.2, 0.25) is 5.91 Å². The number of rotatable bonds is 5. The molecular formula is C30H43N3O3S. The average molecular weight is 526 g/mol. The number of aromatic nitrogens is 1. The Kier molecular flexibility index (Phi) is 13.3. The Bertz CT molecular complexity index is 1050. The van der Waals surface area contributed by atoms with Crippen molar-refractivity contribution in [3.8, 4) is 0 Å². The molecule has 202 valence electrons. The van der Waals surface area contributed by atoms with E-state index >= 15 is 0 Å². The van der Waals surface area contributed by atoms with E-state index in [4.69, 9.17) is 9.72 Å². The predicted octanol–water partition coefficient (Wildman–Crippen LogP) is 5.73. The molecule has 0 spiro atoms. The number of aryl methyl sites for hydroxylation is 1. The first kappa shape index (κ1) is 30.5. The molecule has 1 N–H and O–H groups in total. The summed E-state index contributed by atoms with van der Waals surface area (Å²) in [6.45, 7) is 8.98. The number of carbonyl (C=O) groups excluding carboxylic acids is 2. The molecule has 1 aromatic rings. The Morgan fingerprint density at radius 2 is 1.89 bits per heavy atom. The van der Waals surface area contributed by atoms with Gasteiger partial charge in [0, 0.05) is 36.9 Å². The molecule has 1 aliphatic heterocycles. The largest absolute Gasteiger partial charge is 0.454 e. The number of fused-ring (bicyclic) bond motifs is 2. The van der Waals surface area contributed by atoms with E-state index in [0.29, 0.717) is 12.8 Å². The monoisotopic (exact) mass is 525 g/mol. The van der Waals surface area contributed by atoms with Crippen molar-refractivity contribution in [1.29, 1.82) is 0 Å². The van der Waals surface area contributed by atoms with Crippen LogP contribution in [-0.4, -0.2) is 54.5 Å². The lowest BCUT2D eigenvalue weighted by molar-refractivity contribution is -0.140. The van der Waals surface area contributed by atoms with Gasteiger partial charge < -0.3 is 15.0 Å². The lowest BCUT2D eigenvalue weighted by Gasteiger charge is -2.14. The fourth-order valence-electron chi connectivity index (χ4n) is 3.89. The molecule has 37 heavy (non-hydrogen) atoms. The third kappa shape index (κ3) is 13.4. The highest BCUT2D eigenvalue weighted by Crippen LogP contribution is 2.18. The molecule has 1 aromatic heterocycles. The van der Waals surface area contributed by atoms with Crippen LogP contribution >= 0.6 is 11.3 Å². The van der Waals surface area contributed by atoms with Crippen LogP contribution in [0.25, 0.3) is 0 Å². The van der Waals surface area contributed by atoms with E-state index in [9.17, 15) is 9.59 Å². The summed E-state index contributed by atoms with van der Waals surface area (Å²) < 4.78 is 5.83. The van der Waals surface area contributed by atoms with Gasteiger partial charge in [0.15, 0.2) is 0 Å². The Balaban J connectivity index is 2.21. The van der Waals surface area contributed by atoms with Crippen molar-refractivity contribution < 1.29 is 14.3 Å². The van der Waals surface area contributed by atoms with Gasteiger partial charge >= 0.3 is 5.97 Å². The Morgan fingerprint density at radius 1 is 1.16 bits per heavy atom. The van der Waals surface area contributed by atoms with Crippen LogP contribution in [0.1, 0.15) is 64.1 Å². The minimum atomic E-state index is -0.416. The maximum atomic E-state index is 12.6. The van der Waals surface area contributed by atoms with Gasteiger partial charge in [-0.15, -0.1) is 11.3 Å². The molecule has 0 aromatic carbocycles. The molecular weight excluding hydrogens is 482 g/mol. The molecule has 2 bridgehead atoms. The van der Waals surface area contributed by atoms with E-state index in [1.165, 1.54) is 11.6 Å². The van der Waals surface area contributed by atoms with Gasteiger partial charge in [0.1, 0.15) is 6.10 Å². The number of thiazole rings is 1. The number of esters is 1. The van der Waals surface area contributed by atoms with Crippen molar-refractivity contribution in [1.82, 2.24) is 15.2 Å². The molecule has 2 atom stereocenters. The normalized spacial score (nSPS) is 22.6. The average Bonchev–Trinajstić information content (AvgIpc) is 3.25. The topological polar surface area (TPSA) is 71.5 Å². The first-order valence-electron chi connectivity index (χ1n) is 13.1. The molecule has 7 heteroatoms. The first-order chi connectivity index (χ1) is 17.6. The number of carbonyl (C=O) groups is 2. The number of ether oxygens (including phenoxy) is 1. The van der Waals surface area contributed by atoms with Gasteiger partial charge in [-0.25, -0.2) is 9.78 Å². The van der Waals surface area contributed by atoms with Crippen molar-refractivity contribution in [2.45, 2.75) is 78.4 Å². The second-order valence-corrected chi connectivity index (χ2v) is 11.1. The molecule has 0 aliphatic carbocycles. The van der Waals surface area contributed by atoms with Crippen molar-refractivity contribution in [3.05, 3.63) is 75.3 Å². The number of amides is 1. The van der Waals surface area contributed by atoms with Gasteiger partial charge in [-0.2, -0.15) is 0 Å². The molecule has 1 aliphatic rings. The minimum Gasteiger partial charge on any atom is -0.454 e. The number of cyclic esters (lactones) is 1. The highest BCUT2D eigenvalue weighted by atomic mass is 32.1. The number of nitrogens with zero attached hydrogens (tertiary/aromatic N) is 2. The molecule has 1 unspecified atom stereocenters. The highest BCUT2D eigenvalue weighted by molar-refractivity contribution is 7.09. The van der Waals surface area contributed by atoms with Crippen molar-refractivity contribution >= 4 is 23.2 Å². The molecule has 2 rings (SSSR count). The number of nitrogens with one attached hydrogen (secondary N) is 1. The number of hydrogen-bond acceptors (Lipinski definition) is 6. The lowest BCUT2D eigenvalue weighted by Crippen LogP contribution is -2.32. The van der Waals surface area contributed by atoms with Crippen LogP contribution in [0, 0.1) is 0 Å². The Morgan fingerprint density at radius 3 is 2.65 bits per heavy atom. The van der Waals surface area contributed by atoms with Crippen molar-refractivity contribution in [2.24, 2.45) is 0 Å². The van der Waals surface area contributed by atoms with Gasteiger partial charge in [-0.05, 0) is 73.5 Å². The second-order valence-electron chi connectivity index (χ2n) is 10.1. The van der Waals surface area contributed by atoms with Crippen LogP contribution in [0.3, 0.4) is 0 Å². The third-order valence-corrected chi connectivity index (χ3v) is 6.73. The third-order valence-electron chi connectivity index (χ3n) is 5.81. The van der Waals surface area contributed by atoms with E-state index in [1.807, 2.05) is 47.0 Å². The summed E-state index contributed by atoms with van der Waals surface area (Å²) in [6, 6.07) is 0.0409. The van der Waals surface area contributed by atoms with Gasteiger partial charge in [0.05, 0.1) is 10.7 Å². The number of likely N-dealkylation sites (N-methyl/N-ethyl adjacent to an activating group) is 1. The summed E-state index contributed by atoms with van der Waals surface area (Å²) in [7, 11) is 4.09. The molecule has 0 saturated heterocycles. The van der Waals surface area contributed by atoms with Gasteiger partial charge in [-0.1, -0.05) is 47.1 Å². The van der Waals surface area contributed by atoms with Crippen LogP contribution in [0.2, 0.25) is 0 Å². The predicted molar refractivity (Wildman–Crippen MR) is 154 cm³/mol. The van der Waals surface area contributed by atoms with Crippen LogP contribution in [-0.2, 0) is 27.2 Å². The zero-order valence-corrected chi connectivity index (χ0v) is 24.1. The molecule has 1 amide bonds. The first-order valence-corrected chi connectivity index (χ1v) is 13.9. The van der Waals surface area contributed by atoms with E-state index in [2.05, 4.69) is 40.7 Å². The van der Waals surface area contributed by atoms with Gasteiger partial charge in [-0.3, -0.25) is 4.79 Å². The van der Waals surface area contributed by atoms with Crippen LogP contribution in [0.15, 0.2) is 64.6 Å². The molecule has 0 saturated carbocycles. The highest BCUT2D eigenvalue weighted by Gasteiger charge is 2.15. The fraction of sp³-hybridized carbons (Fsp3) is 0.500. The van der Waals surface area contributed by atoms with Crippen molar-refractivity contribution in [2.75, 3.05) is 20.6 Å². The van der Waals surface area contributed by atoms with E-state index in [-0.39, 0.29) is 17.9 Å². The SMILES string of the molecule is CC1=C/C=C\C(=O)OC(/C=C(C)/C=C/C(C)=C/CN(C)C)Cc2nc(cs2)CCCCC(=O)N[C@@H](C)C1. The summed E-state index contributed by atoms with van der Waals surface area (Å²) in [4.78, 5) is 31.8. The number of hydrogen-bond donors (Lipinski definition) is 1. The lowest BCUT2D eigenvalue weighted by atomic mass is 10.1. The number of allylic oxidation sites excluding steroid dienone is 6. The Labute approximate surface area is 226 Å². The summed E-state index contributed by atoms with van der Waals surface area (Å²) in [5.74, 6) is -0.307. The summed E-state index contributed by atoms with van der Waals surface area (Å²) in [5, 5.41) is 6.06. The van der Waals surface area contributed by atoms with Crippen LogP contribution in [0.4, 0.5) is 0 Å². The Hall–Kier alpha value is -2.77. The van der Waals surface area contributed by atoms with Crippen LogP contribution in [0.5, 0.6) is 0 Å². The van der Waals surface area contributed by atoms with E-state index < -0.39 is 6.10 Å². The van der Waals surface area contributed by atoms with E-state index in [0.717, 1.165) is 54.1 Å². The standard InChI is InChI=1S/C30H43N3O3S/c1-22(16-17-33(5)6)14-15-24(3)19-27-20-29-32-26(21-37-29)11-7-8-12-28(34)31-25(4)18-23(2)10-9-13-30(35)36-27/h9-10,13-16,19,21,25,27H,7-8,11-12,17-18,20H2,1-6H3,(H,31,34)/b13-9-,15-14+,22-16+,23-10?,24-19+/t25-,27?/m0/s1. The zero-order valence-electron chi connectivity index (χ0n) is 23.3. The molecule has 6 nitrogen and oxygen atoms in total. The molecule has 0 fully saturated rings. The zero-order chi connectivity index (χ0) is 27.2. The fourth-order valence-corrected chi connectivity index (χ4v) is 4.76.